The van der Waals surface area contributed by atoms with E-state index in [1.807, 2.05) is 0 Å². The van der Waals surface area contributed by atoms with Crippen LogP contribution in [0, 0.1) is 0 Å². The topological polar surface area (TPSA) is 37.9 Å². The molecular formula is C16H22N2O. The molecule has 19 heavy (non-hydrogen) atoms. The van der Waals surface area contributed by atoms with Crippen LogP contribution in [0.5, 0.6) is 0 Å². The van der Waals surface area contributed by atoms with Crippen molar-refractivity contribution in [2.24, 2.45) is 0 Å². The molecule has 2 aromatic rings. The van der Waals surface area contributed by atoms with Crippen LogP contribution in [-0.2, 0) is 17.6 Å². The maximum Gasteiger partial charge on any atom is 0.107 e. The lowest BCUT2D eigenvalue weighted by molar-refractivity contribution is 0.0112. The third-order valence-corrected chi connectivity index (χ3v) is 3.98. The summed E-state index contributed by atoms with van der Waals surface area (Å²) in [5.74, 6) is 1.09. The number of rotatable bonds is 4. The molecule has 1 fully saturated rings. The number of fused-ring (bicyclic) bond motifs is 1. The van der Waals surface area contributed by atoms with Crippen LogP contribution in [0.1, 0.15) is 44.0 Å². The first-order valence-corrected chi connectivity index (χ1v) is 7.44. The number of hydrogen-bond donors (Lipinski definition) is 1. The molecule has 1 aliphatic heterocycles. The molecule has 3 nitrogen and oxygen atoms in total. The molecule has 1 saturated heterocycles. The third-order valence-electron chi connectivity index (χ3n) is 3.98. The zero-order valence-electron chi connectivity index (χ0n) is 11.6. The highest BCUT2D eigenvalue weighted by molar-refractivity contribution is 5.75. The van der Waals surface area contributed by atoms with E-state index in [1.165, 1.54) is 30.3 Å². The predicted octanol–water partition coefficient (Wildman–Crippen LogP) is 3.63. The second kappa shape index (κ2) is 5.74. The molecule has 0 bridgehead atoms. The van der Waals surface area contributed by atoms with Crippen LogP contribution in [0.2, 0.25) is 0 Å². The molecule has 102 valence electrons. The van der Waals surface area contributed by atoms with Crippen molar-refractivity contribution in [2.75, 3.05) is 6.61 Å². The zero-order valence-corrected chi connectivity index (χ0v) is 11.6. The fourth-order valence-corrected chi connectivity index (χ4v) is 2.78. The van der Waals surface area contributed by atoms with Gasteiger partial charge in [0.05, 0.1) is 17.1 Å². The van der Waals surface area contributed by atoms with Crippen molar-refractivity contribution in [3.8, 4) is 0 Å². The highest BCUT2D eigenvalue weighted by atomic mass is 16.5. The van der Waals surface area contributed by atoms with Crippen LogP contribution < -0.4 is 0 Å². The second-order valence-corrected chi connectivity index (χ2v) is 5.42. The molecule has 3 heteroatoms. The van der Waals surface area contributed by atoms with Gasteiger partial charge in [-0.15, -0.1) is 0 Å². The summed E-state index contributed by atoms with van der Waals surface area (Å²) in [4.78, 5) is 8.10. The average Bonchev–Trinajstić information content (AvgIpc) is 2.88. The van der Waals surface area contributed by atoms with E-state index in [9.17, 15) is 0 Å². The largest absolute Gasteiger partial charge is 0.378 e. The molecule has 3 rings (SSSR count). The number of aromatic nitrogens is 2. The molecule has 0 amide bonds. The van der Waals surface area contributed by atoms with Gasteiger partial charge in [-0.25, -0.2) is 4.98 Å². The van der Waals surface area contributed by atoms with E-state index in [4.69, 9.17) is 4.74 Å². The maximum atomic E-state index is 5.77. The van der Waals surface area contributed by atoms with Crippen LogP contribution in [-0.4, -0.2) is 22.7 Å². The Morgan fingerprint density at radius 3 is 3.11 bits per heavy atom. The maximum absolute atomic E-state index is 5.77. The van der Waals surface area contributed by atoms with E-state index in [1.54, 1.807) is 0 Å². The number of benzene rings is 1. The van der Waals surface area contributed by atoms with Crippen molar-refractivity contribution in [1.29, 1.82) is 0 Å². The molecule has 1 unspecified atom stereocenters. The Hall–Kier alpha value is -1.35. The first kappa shape index (κ1) is 12.7. The van der Waals surface area contributed by atoms with Gasteiger partial charge in [-0.2, -0.15) is 0 Å². The van der Waals surface area contributed by atoms with Crippen molar-refractivity contribution in [3.05, 3.63) is 29.6 Å². The number of hydrogen-bond acceptors (Lipinski definition) is 2. The lowest BCUT2D eigenvalue weighted by atomic mass is 10.0. The summed E-state index contributed by atoms with van der Waals surface area (Å²) in [5.41, 5.74) is 3.61. The first-order valence-electron chi connectivity index (χ1n) is 7.44. The molecule has 1 aromatic carbocycles. The smallest absolute Gasteiger partial charge is 0.107 e. The predicted molar refractivity (Wildman–Crippen MR) is 77.4 cm³/mol. The van der Waals surface area contributed by atoms with Crippen LogP contribution in [0.3, 0.4) is 0 Å². The minimum absolute atomic E-state index is 0.438. The highest BCUT2D eigenvalue weighted by Gasteiger charge is 2.14. The number of nitrogens with zero attached hydrogens (tertiary/aromatic N) is 1. The van der Waals surface area contributed by atoms with Gasteiger partial charge in [0.1, 0.15) is 5.82 Å². The molecular weight excluding hydrogens is 236 g/mol. The number of nitrogens with one attached hydrogen (secondary N) is 1. The van der Waals surface area contributed by atoms with Gasteiger partial charge < -0.3 is 9.72 Å². The third kappa shape index (κ3) is 2.98. The molecule has 1 aliphatic rings. The van der Waals surface area contributed by atoms with Gasteiger partial charge in [0.2, 0.25) is 0 Å². The average molecular weight is 258 g/mol. The van der Waals surface area contributed by atoms with E-state index >= 15 is 0 Å². The lowest BCUT2D eigenvalue weighted by Gasteiger charge is -2.21. The Balaban J connectivity index is 1.67. The molecule has 0 aliphatic carbocycles. The number of imidazole rings is 1. The summed E-state index contributed by atoms with van der Waals surface area (Å²) in [5, 5.41) is 0. The summed E-state index contributed by atoms with van der Waals surface area (Å²) in [7, 11) is 0. The fraction of sp³-hybridized carbons (Fsp3) is 0.562. The van der Waals surface area contributed by atoms with Gasteiger partial charge in [0.15, 0.2) is 0 Å². The van der Waals surface area contributed by atoms with Gasteiger partial charge in [-0.05, 0) is 49.8 Å². The zero-order chi connectivity index (χ0) is 13.1. The molecule has 1 atom stereocenters. The SMILES string of the molecule is CCc1ccc2nc(CCC3CCCCO3)[nH]c2c1. The first-order chi connectivity index (χ1) is 9.35. The highest BCUT2D eigenvalue weighted by Crippen LogP contribution is 2.19. The molecule has 1 aromatic heterocycles. The van der Waals surface area contributed by atoms with Crippen LogP contribution in [0.4, 0.5) is 0 Å². The van der Waals surface area contributed by atoms with Crippen LogP contribution >= 0.6 is 0 Å². The number of ether oxygens (including phenoxy) is 1. The molecule has 2 heterocycles. The van der Waals surface area contributed by atoms with Gasteiger partial charge in [0.25, 0.3) is 0 Å². The minimum Gasteiger partial charge on any atom is -0.378 e. The Kier molecular flexibility index (Phi) is 3.83. The van der Waals surface area contributed by atoms with E-state index in [0.717, 1.165) is 37.2 Å². The number of H-pyrrole nitrogens is 1. The molecule has 0 radical (unpaired) electrons. The van der Waals surface area contributed by atoms with Gasteiger partial charge in [0, 0.05) is 13.0 Å². The lowest BCUT2D eigenvalue weighted by Crippen LogP contribution is -2.19. The van der Waals surface area contributed by atoms with E-state index in [2.05, 4.69) is 35.1 Å². The summed E-state index contributed by atoms with van der Waals surface area (Å²) in [6.07, 6.45) is 7.32. The second-order valence-electron chi connectivity index (χ2n) is 5.42. The van der Waals surface area contributed by atoms with Crippen molar-refractivity contribution in [3.63, 3.8) is 0 Å². The fourth-order valence-electron chi connectivity index (χ4n) is 2.78. The standard InChI is InChI=1S/C16H22N2O/c1-2-12-6-8-14-15(11-12)18-16(17-14)9-7-13-5-3-4-10-19-13/h6,8,11,13H,2-5,7,9-10H2,1H3,(H,17,18). The monoisotopic (exact) mass is 258 g/mol. The Morgan fingerprint density at radius 1 is 1.37 bits per heavy atom. The van der Waals surface area contributed by atoms with Crippen molar-refractivity contribution in [2.45, 2.75) is 51.6 Å². The van der Waals surface area contributed by atoms with Crippen molar-refractivity contribution < 1.29 is 4.74 Å². The van der Waals surface area contributed by atoms with E-state index < -0.39 is 0 Å². The summed E-state index contributed by atoms with van der Waals surface area (Å²) < 4.78 is 5.77. The van der Waals surface area contributed by atoms with Crippen LogP contribution in [0.15, 0.2) is 18.2 Å². The Labute approximate surface area is 114 Å². The quantitative estimate of drug-likeness (QED) is 0.909. The molecule has 0 spiro atoms. The van der Waals surface area contributed by atoms with Crippen molar-refractivity contribution >= 4 is 11.0 Å². The van der Waals surface area contributed by atoms with E-state index in [-0.39, 0.29) is 0 Å². The number of aryl methyl sites for hydroxylation is 2. The Bertz CT molecular complexity index is 541. The Morgan fingerprint density at radius 2 is 2.32 bits per heavy atom. The summed E-state index contributed by atoms with van der Waals surface area (Å²) in [6.45, 7) is 3.11. The molecule has 1 N–H and O–H groups in total. The van der Waals surface area contributed by atoms with Gasteiger partial charge in [-0.3, -0.25) is 0 Å². The normalized spacial score (nSPS) is 19.9. The van der Waals surface area contributed by atoms with Crippen molar-refractivity contribution in [1.82, 2.24) is 9.97 Å². The number of aromatic amines is 1. The van der Waals surface area contributed by atoms with Gasteiger partial charge >= 0.3 is 0 Å². The molecule has 0 saturated carbocycles. The van der Waals surface area contributed by atoms with Gasteiger partial charge in [-0.1, -0.05) is 13.0 Å². The minimum atomic E-state index is 0.438. The summed E-state index contributed by atoms with van der Waals surface area (Å²) in [6, 6.07) is 6.49. The van der Waals surface area contributed by atoms with Crippen LogP contribution in [0.25, 0.3) is 11.0 Å². The van der Waals surface area contributed by atoms with E-state index in [0.29, 0.717) is 6.10 Å². The summed E-state index contributed by atoms with van der Waals surface area (Å²) >= 11 is 0.